The Labute approximate surface area is 150 Å². The average Bonchev–Trinajstić information content (AvgIpc) is 2.75. The lowest BCUT2D eigenvalue weighted by molar-refractivity contribution is 0.354. The number of hydrogen-bond acceptors (Lipinski definition) is 0. The molecule has 0 amide bonds. The normalized spacial score (nSPS) is 22.5. The lowest BCUT2D eigenvalue weighted by atomic mass is 9.84. The molecule has 0 saturated carbocycles. The van der Waals surface area contributed by atoms with Crippen molar-refractivity contribution in [2.75, 3.05) is 0 Å². The summed E-state index contributed by atoms with van der Waals surface area (Å²) in [5.41, 5.74) is 4.94. The largest absolute Gasteiger partial charge is 0.0840 e. The van der Waals surface area contributed by atoms with Crippen molar-refractivity contribution in [1.82, 2.24) is 0 Å². The molecular formula is C24H38. The smallest absolute Gasteiger partial charge is 0.0136 e. The van der Waals surface area contributed by atoms with Crippen molar-refractivity contribution in [3.63, 3.8) is 0 Å². The summed E-state index contributed by atoms with van der Waals surface area (Å²) in [7, 11) is 0. The van der Waals surface area contributed by atoms with Crippen LogP contribution in [-0.4, -0.2) is 0 Å². The van der Waals surface area contributed by atoms with Crippen LogP contribution in [0.1, 0.15) is 91.4 Å². The summed E-state index contributed by atoms with van der Waals surface area (Å²) in [4.78, 5) is 0. The van der Waals surface area contributed by atoms with Crippen LogP contribution in [0.25, 0.3) is 0 Å². The Morgan fingerprint density at radius 1 is 1.04 bits per heavy atom. The third-order valence-corrected chi connectivity index (χ3v) is 6.01. The molecule has 0 spiro atoms. The highest BCUT2D eigenvalue weighted by molar-refractivity contribution is 5.20. The van der Waals surface area contributed by atoms with Crippen LogP contribution in [0.5, 0.6) is 0 Å². The van der Waals surface area contributed by atoms with Gasteiger partial charge < -0.3 is 0 Å². The Morgan fingerprint density at radius 2 is 1.92 bits per heavy atom. The number of unbranched alkanes of at least 4 members (excludes halogenated alkanes) is 1. The maximum absolute atomic E-state index is 2.52. The van der Waals surface area contributed by atoms with E-state index >= 15 is 0 Å². The van der Waals surface area contributed by atoms with Crippen LogP contribution < -0.4 is 0 Å². The van der Waals surface area contributed by atoms with E-state index in [1.54, 1.807) is 16.7 Å². The number of rotatable bonds is 9. The minimum atomic E-state index is 0.799. The second-order valence-corrected chi connectivity index (χ2v) is 8.07. The highest BCUT2D eigenvalue weighted by atomic mass is 14.2. The molecule has 134 valence electrons. The fraction of sp³-hybridized carbons (Fsp3) is 0.667. The van der Waals surface area contributed by atoms with Crippen molar-refractivity contribution in [3.8, 4) is 0 Å². The molecule has 0 aliphatic heterocycles. The lowest BCUT2D eigenvalue weighted by Crippen LogP contribution is -2.08. The third-order valence-electron chi connectivity index (χ3n) is 6.01. The molecular weight excluding hydrogens is 288 g/mol. The molecule has 0 aromatic heterocycles. The van der Waals surface area contributed by atoms with Gasteiger partial charge in [-0.15, -0.1) is 0 Å². The van der Waals surface area contributed by atoms with Crippen molar-refractivity contribution >= 4 is 0 Å². The highest BCUT2D eigenvalue weighted by Crippen LogP contribution is 2.29. The summed E-state index contributed by atoms with van der Waals surface area (Å²) in [5.74, 6) is 1.73. The predicted octanol–water partition coefficient (Wildman–Crippen LogP) is 7.93. The van der Waals surface area contributed by atoms with Crippen LogP contribution in [0.15, 0.2) is 47.1 Å². The summed E-state index contributed by atoms with van der Waals surface area (Å²) in [6.45, 7) is 6.97. The third kappa shape index (κ3) is 6.83. The van der Waals surface area contributed by atoms with E-state index < -0.39 is 0 Å². The van der Waals surface area contributed by atoms with E-state index in [0.717, 1.165) is 11.8 Å². The van der Waals surface area contributed by atoms with Gasteiger partial charge in [0.1, 0.15) is 0 Å². The van der Waals surface area contributed by atoms with E-state index in [1.165, 1.54) is 70.6 Å². The van der Waals surface area contributed by atoms with Gasteiger partial charge in [0, 0.05) is 0 Å². The molecule has 24 heavy (non-hydrogen) atoms. The van der Waals surface area contributed by atoms with Crippen molar-refractivity contribution in [3.05, 3.63) is 47.1 Å². The maximum Gasteiger partial charge on any atom is -0.0136 e. The molecule has 2 rings (SSSR count). The zero-order valence-corrected chi connectivity index (χ0v) is 16.3. The molecule has 0 radical (unpaired) electrons. The predicted molar refractivity (Wildman–Crippen MR) is 108 cm³/mol. The first kappa shape index (κ1) is 19.3. The Morgan fingerprint density at radius 3 is 2.67 bits per heavy atom. The van der Waals surface area contributed by atoms with Crippen molar-refractivity contribution < 1.29 is 0 Å². The molecule has 0 aromatic carbocycles. The van der Waals surface area contributed by atoms with E-state index in [9.17, 15) is 0 Å². The quantitative estimate of drug-likeness (QED) is 0.298. The molecule has 0 nitrogen and oxygen atoms in total. The molecule has 0 bridgehead atoms. The van der Waals surface area contributed by atoms with Crippen molar-refractivity contribution in [1.29, 1.82) is 0 Å². The minimum absolute atomic E-state index is 0.799. The first-order valence-electron chi connectivity index (χ1n) is 10.4. The summed E-state index contributed by atoms with van der Waals surface area (Å²) in [5, 5.41) is 0. The number of allylic oxidation sites excluding steroid dienone is 8. The Balaban J connectivity index is 1.67. The summed E-state index contributed by atoms with van der Waals surface area (Å²) >= 11 is 0. The number of hydrogen-bond donors (Lipinski definition) is 0. The van der Waals surface area contributed by atoms with Gasteiger partial charge in [0.2, 0.25) is 0 Å². The van der Waals surface area contributed by atoms with E-state index in [4.69, 9.17) is 0 Å². The summed E-state index contributed by atoms with van der Waals surface area (Å²) in [6, 6.07) is 0. The SMILES string of the molecule is CCCC(CCCCC1=CCC(C)=C(C)CC1)CC1C=CC=CC1. The van der Waals surface area contributed by atoms with Crippen LogP contribution in [-0.2, 0) is 0 Å². The first-order chi connectivity index (χ1) is 11.7. The lowest BCUT2D eigenvalue weighted by Gasteiger charge is -2.21. The fourth-order valence-corrected chi connectivity index (χ4v) is 4.17. The van der Waals surface area contributed by atoms with Crippen LogP contribution >= 0.6 is 0 Å². The minimum Gasteiger partial charge on any atom is -0.0840 e. The van der Waals surface area contributed by atoms with Gasteiger partial charge in [-0.05, 0) is 70.6 Å². The zero-order valence-electron chi connectivity index (χ0n) is 16.3. The molecule has 0 heteroatoms. The van der Waals surface area contributed by atoms with E-state index in [-0.39, 0.29) is 0 Å². The Bertz CT molecular complexity index is 486. The van der Waals surface area contributed by atoms with Gasteiger partial charge in [-0.2, -0.15) is 0 Å². The standard InChI is InChI=1S/C24H38/c1-4-10-23(19-24-12-6-5-7-13-24)14-9-8-11-22-17-15-20(2)21(3)16-18-22/h5-7,12,17,23-24H,4,8-11,13-16,18-19H2,1-3H3. The Kier molecular flexibility index (Phi) is 8.64. The molecule has 0 N–H and O–H groups in total. The molecule has 0 fully saturated rings. The average molecular weight is 327 g/mol. The van der Waals surface area contributed by atoms with Crippen LogP contribution in [0.2, 0.25) is 0 Å². The topological polar surface area (TPSA) is 0 Å². The second-order valence-electron chi connectivity index (χ2n) is 8.07. The molecule has 0 aromatic rings. The molecule has 2 aliphatic carbocycles. The molecule has 2 atom stereocenters. The van der Waals surface area contributed by atoms with E-state index in [1.807, 2.05) is 0 Å². The van der Waals surface area contributed by atoms with Crippen LogP contribution in [0.4, 0.5) is 0 Å². The molecule has 2 aliphatic rings. The monoisotopic (exact) mass is 326 g/mol. The van der Waals surface area contributed by atoms with Crippen LogP contribution in [0.3, 0.4) is 0 Å². The maximum atomic E-state index is 2.52. The molecule has 0 heterocycles. The van der Waals surface area contributed by atoms with E-state index in [0.29, 0.717) is 0 Å². The summed E-state index contributed by atoms with van der Waals surface area (Å²) < 4.78 is 0. The molecule has 2 unspecified atom stereocenters. The van der Waals surface area contributed by atoms with Gasteiger partial charge >= 0.3 is 0 Å². The van der Waals surface area contributed by atoms with Gasteiger partial charge in [0.15, 0.2) is 0 Å². The highest BCUT2D eigenvalue weighted by Gasteiger charge is 2.14. The van der Waals surface area contributed by atoms with Crippen molar-refractivity contribution in [2.24, 2.45) is 11.8 Å². The van der Waals surface area contributed by atoms with Crippen molar-refractivity contribution in [2.45, 2.75) is 91.4 Å². The van der Waals surface area contributed by atoms with E-state index in [2.05, 4.69) is 51.2 Å². The van der Waals surface area contributed by atoms with Gasteiger partial charge in [0.25, 0.3) is 0 Å². The zero-order chi connectivity index (χ0) is 17.2. The second kappa shape index (κ2) is 10.7. The fourth-order valence-electron chi connectivity index (χ4n) is 4.17. The Hall–Kier alpha value is -1.04. The molecule has 0 saturated heterocycles. The van der Waals surface area contributed by atoms with Crippen LogP contribution in [0, 0.1) is 11.8 Å². The van der Waals surface area contributed by atoms with Gasteiger partial charge in [-0.1, -0.05) is 79.7 Å². The first-order valence-corrected chi connectivity index (χ1v) is 10.4. The van der Waals surface area contributed by atoms with Gasteiger partial charge in [-0.25, -0.2) is 0 Å². The van der Waals surface area contributed by atoms with Gasteiger partial charge in [0.05, 0.1) is 0 Å². The summed E-state index contributed by atoms with van der Waals surface area (Å²) in [6.07, 6.45) is 26.5. The van der Waals surface area contributed by atoms with Gasteiger partial charge in [-0.3, -0.25) is 0 Å².